The summed E-state index contributed by atoms with van der Waals surface area (Å²) in [4.78, 5) is 19.1. The first-order chi connectivity index (χ1) is 16.8. The maximum absolute atomic E-state index is 13.5. The molecule has 0 saturated carbocycles. The Morgan fingerprint density at radius 2 is 1.80 bits per heavy atom. The standard InChI is InChI=1S/C25H21FN4O4S/c26-18-9-7-16(8-10-18)11-13-30-20(14-17-4-3-12-27-15-17)23(31)22(25(30)32)24-28-19-5-1-2-6-21(19)35(33,34)29-24/h1-10,12,15,20,31H,11,13-14H2,(H,28,29)/t20-/m0/s1. The smallest absolute Gasteiger partial charge is 0.286 e. The van der Waals surface area contributed by atoms with Gasteiger partial charge >= 0.3 is 0 Å². The number of benzene rings is 2. The monoisotopic (exact) mass is 492 g/mol. The maximum Gasteiger partial charge on any atom is 0.286 e. The van der Waals surface area contributed by atoms with Crippen molar-refractivity contribution in [3.8, 4) is 0 Å². The van der Waals surface area contributed by atoms with Gasteiger partial charge in [0.2, 0.25) is 0 Å². The summed E-state index contributed by atoms with van der Waals surface area (Å²) in [5.41, 5.74) is 1.70. The Bertz CT molecular complexity index is 1450. The van der Waals surface area contributed by atoms with Crippen molar-refractivity contribution in [2.75, 3.05) is 11.9 Å². The van der Waals surface area contributed by atoms with Gasteiger partial charge in [-0.1, -0.05) is 30.3 Å². The van der Waals surface area contributed by atoms with Gasteiger partial charge in [0, 0.05) is 25.4 Å². The molecule has 0 aliphatic carbocycles. The molecule has 0 spiro atoms. The van der Waals surface area contributed by atoms with Crippen LogP contribution in [0.15, 0.2) is 93.7 Å². The Kier molecular flexibility index (Phi) is 5.81. The number of nitrogens with zero attached hydrogens (tertiary/aromatic N) is 3. The zero-order valence-corrected chi connectivity index (χ0v) is 19.2. The number of para-hydroxylation sites is 1. The normalized spacial score (nSPS) is 18.8. The van der Waals surface area contributed by atoms with E-state index in [2.05, 4.69) is 14.7 Å². The maximum atomic E-state index is 13.5. The van der Waals surface area contributed by atoms with Crippen molar-refractivity contribution < 1.29 is 22.7 Å². The lowest BCUT2D eigenvalue weighted by molar-refractivity contribution is -0.126. The number of halogens is 1. The molecule has 0 unspecified atom stereocenters. The van der Waals surface area contributed by atoms with Crippen LogP contribution in [-0.2, 0) is 27.7 Å². The second-order valence-electron chi connectivity index (χ2n) is 8.25. The summed E-state index contributed by atoms with van der Waals surface area (Å²) in [6.45, 7) is 0.222. The van der Waals surface area contributed by atoms with E-state index < -0.39 is 22.0 Å². The van der Waals surface area contributed by atoms with Crippen LogP contribution >= 0.6 is 0 Å². The van der Waals surface area contributed by atoms with Gasteiger partial charge in [-0.15, -0.1) is 4.40 Å². The van der Waals surface area contributed by atoms with E-state index >= 15 is 0 Å². The van der Waals surface area contributed by atoms with Crippen molar-refractivity contribution in [2.45, 2.75) is 23.8 Å². The van der Waals surface area contributed by atoms with Crippen molar-refractivity contribution in [2.24, 2.45) is 4.40 Å². The number of hydrogen-bond acceptors (Lipinski definition) is 6. The second kappa shape index (κ2) is 8.95. The molecule has 10 heteroatoms. The van der Waals surface area contributed by atoms with Gasteiger partial charge in [0.15, 0.2) is 5.84 Å². The van der Waals surface area contributed by atoms with Crippen LogP contribution in [0.25, 0.3) is 0 Å². The van der Waals surface area contributed by atoms with Crippen LogP contribution in [0.5, 0.6) is 0 Å². The molecule has 1 amide bonds. The van der Waals surface area contributed by atoms with Gasteiger partial charge in [-0.2, -0.15) is 8.42 Å². The molecule has 2 aromatic carbocycles. The van der Waals surface area contributed by atoms with Crippen molar-refractivity contribution >= 4 is 27.5 Å². The van der Waals surface area contributed by atoms with E-state index in [0.717, 1.165) is 11.1 Å². The average molecular weight is 493 g/mol. The fraction of sp³-hybridized carbons (Fsp3) is 0.160. The molecule has 0 saturated heterocycles. The van der Waals surface area contributed by atoms with Crippen molar-refractivity contribution in [3.63, 3.8) is 0 Å². The molecule has 1 aromatic heterocycles. The Labute approximate surface area is 201 Å². The molecule has 2 N–H and O–H groups in total. The number of aromatic nitrogens is 1. The lowest BCUT2D eigenvalue weighted by atomic mass is 10.0. The number of carbonyl (C=O) groups is 1. The summed E-state index contributed by atoms with van der Waals surface area (Å²) in [6.07, 6.45) is 3.96. The fourth-order valence-electron chi connectivity index (χ4n) is 4.26. The number of sulfonamides is 1. The van der Waals surface area contributed by atoms with Gasteiger partial charge in [-0.3, -0.25) is 9.78 Å². The molecule has 8 nitrogen and oxygen atoms in total. The fourth-order valence-corrected chi connectivity index (χ4v) is 5.38. The van der Waals surface area contributed by atoms with Crippen LogP contribution in [0.4, 0.5) is 10.1 Å². The highest BCUT2D eigenvalue weighted by Crippen LogP contribution is 2.33. The van der Waals surface area contributed by atoms with Crippen molar-refractivity contribution in [1.29, 1.82) is 0 Å². The summed E-state index contributed by atoms with van der Waals surface area (Å²) in [5.74, 6) is -1.38. The zero-order chi connectivity index (χ0) is 24.6. The number of pyridine rings is 1. The molecule has 3 heterocycles. The highest BCUT2D eigenvalue weighted by Gasteiger charge is 2.43. The SMILES string of the molecule is O=C1C(C2=NS(=O)(=O)c3ccccc3N2)=C(O)[C@H](Cc2cccnc2)N1CCc1ccc(F)cc1. The van der Waals surface area contributed by atoms with Gasteiger partial charge in [-0.05, 0) is 47.9 Å². The number of nitrogens with one attached hydrogen (secondary N) is 1. The number of rotatable bonds is 6. The van der Waals surface area contributed by atoms with Crippen LogP contribution < -0.4 is 5.32 Å². The summed E-state index contributed by atoms with van der Waals surface area (Å²) >= 11 is 0. The van der Waals surface area contributed by atoms with Crippen LogP contribution in [0.3, 0.4) is 0 Å². The molecular weight excluding hydrogens is 471 g/mol. The second-order valence-corrected chi connectivity index (χ2v) is 9.83. The van der Waals surface area contributed by atoms with Gasteiger partial charge in [-0.25, -0.2) is 4.39 Å². The molecule has 1 atom stereocenters. The summed E-state index contributed by atoms with van der Waals surface area (Å²) in [5, 5.41) is 14.1. The third-order valence-corrected chi connectivity index (χ3v) is 7.33. The summed E-state index contributed by atoms with van der Waals surface area (Å²) < 4.78 is 42.6. The first-order valence-corrected chi connectivity index (χ1v) is 12.4. The molecule has 35 heavy (non-hydrogen) atoms. The van der Waals surface area contributed by atoms with E-state index in [0.29, 0.717) is 6.42 Å². The van der Waals surface area contributed by atoms with Crippen LogP contribution in [0.1, 0.15) is 11.1 Å². The number of fused-ring (bicyclic) bond motifs is 1. The van der Waals surface area contributed by atoms with Crippen molar-refractivity contribution in [3.05, 3.63) is 101 Å². The molecule has 2 aliphatic rings. The minimum atomic E-state index is -4.06. The Morgan fingerprint density at radius 3 is 2.54 bits per heavy atom. The van der Waals surface area contributed by atoms with Crippen LogP contribution in [-0.4, -0.2) is 47.7 Å². The highest BCUT2D eigenvalue weighted by atomic mass is 32.2. The topological polar surface area (TPSA) is 112 Å². The van der Waals surface area contributed by atoms with Crippen LogP contribution in [0, 0.1) is 5.82 Å². The minimum absolute atomic E-state index is 0.00522. The van der Waals surface area contributed by atoms with Gasteiger partial charge in [0.25, 0.3) is 15.9 Å². The Morgan fingerprint density at radius 1 is 1.03 bits per heavy atom. The first kappa shape index (κ1) is 22.7. The van der Waals surface area contributed by atoms with Crippen LogP contribution in [0.2, 0.25) is 0 Å². The third-order valence-electron chi connectivity index (χ3n) is 6.00. The number of amides is 1. The molecule has 178 valence electrons. The lowest BCUT2D eigenvalue weighted by Crippen LogP contribution is -2.39. The van der Waals surface area contributed by atoms with Gasteiger partial charge in [0.1, 0.15) is 22.0 Å². The van der Waals surface area contributed by atoms with E-state index in [9.17, 15) is 22.7 Å². The van der Waals surface area contributed by atoms with E-state index in [1.54, 1.807) is 48.8 Å². The summed E-state index contributed by atoms with van der Waals surface area (Å²) in [7, 11) is -4.06. The van der Waals surface area contributed by atoms with E-state index in [1.165, 1.54) is 23.1 Å². The van der Waals surface area contributed by atoms with Crippen molar-refractivity contribution in [1.82, 2.24) is 9.88 Å². The number of carbonyl (C=O) groups excluding carboxylic acids is 1. The quantitative estimate of drug-likeness (QED) is 0.547. The molecule has 0 fully saturated rings. The highest BCUT2D eigenvalue weighted by molar-refractivity contribution is 7.90. The molecule has 0 radical (unpaired) electrons. The zero-order valence-electron chi connectivity index (χ0n) is 18.4. The van der Waals surface area contributed by atoms with E-state index in [1.807, 2.05) is 6.07 Å². The average Bonchev–Trinajstić information content (AvgIpc) is 3.07. The number of aliphatic hydroxyl groups is 1. The van der Waals surface area contributed by atoms with Gasteiger partial charge < -0.3 is 15.3 Å². The predicted octanol–water partition coefficient (Wildman–Crippen LogP) is 3.24. The largest absolute Gasteiger partial charge is 0.509 e. The Balaban J connectivity index is 1.50. The van der Waals surface area contributed by atoms with E-state index in [4.69, 9.17) is 0 Å². The molecule has 2 aliphatic heterocycles. The molecular formula is C25H21FN4O4S. The van der Waals surface area contributed by atoms with Gasteiger partial charge in [0.05, 0.1) is 11.7 Å². The van der Waals surface area contributed by atoms with E-state index in [-0.39, 0.29) is 46.5 Å². The minimum Gasteiger partial charge on any atom is -0.509 e. The molecule has 0 bridgehead atoms. The predicted molar refractivity (Wildman–Crippen MR) is 128 cm³/mol. The number of anilines is 1. The third kappa shape index (κ3) is 4.40. The first-order valence-electron chi connectivity index (χ1n) is 10.9. The Hall–Kier alpha value is -4.05. The number of aliphatic hydroxyl groups excluding tert-OH is 1. The number of amidine groups is 1. The summed E-state index contributed by atoms with van der Waals surface area (Å²) in [6, 6.07) is 15.0. The lowest BCUT2D eigenvalue weighted by Gasteiger charge is -2.25. The number of hydrogen-bond donors (Lipinski definition) is 2. The molecule has 5 rings (SSSR count). The molecule has 3 aromatic rings.